The van der Waals surface area contributed by atoms with Crippen molar-refractivity contribution in [2.75, 3.05) is 20.3 Å². The lowest BCUT2D eigenvalue weighted by Crippen LogP contribution is -2.51. The van der Waals surface area contributed by atoms with Crippen molar-refractivity contribution >= 4 is 23.2 Å². The number of aliphatic hydroxyl groups excluding tert-OH is 1. The molecule has 1 aliphatic rings. The Hall–Kier alpha value is -4.24. The minimum absolute atomic E-state index is 0.00150. The molecule has 0 aliphatic carbocycles. The van der Waals surface area contributed by atoms with E-state index >= 15 is 0 Å². The van der Waals surface area contributed by atoms with E-state index < -0.39 is 42.7 Å². The van der Waals surface area contributed by atoms with Crippen LogP contribution < -0.4 is 4.74 Å². The summed E-state index contributed by atoms with van der Waals surface area (Å²) in [5, 5.41) is 14.6. The molecule has 1 saturated heterocycles. The van der Waals surface area contributed by atoms with E-state index in [1.807, 2.05) is 45.0 Å². The van der Waals surface area contributed by atoms with Gasteiger partial charge in [-0.2, -0.15) is 8.78 Å². The van der Waals surface area contributed by atoms with Crippen LogP contribution in [-0.4, -0.2) is 79.0 Å². The third kappa shape index (κ3) is 6.59. The molecule has 1 aliphatic heterocycles. The second-order valence-corrected chi connectivity index (χ2v) is 12.1. The number of ether oxygens (including phenoxy) is 1. The molecule has 1 fully saturated rings. The summed E-state index contributed by atoms with van der Waals surface area (Å²) in [6.07, 6.45) is -0.477. The lowest BCUT2D eigenvalue weighted by Gasteiger charge is -2.36. The van der Waals surface area contributed by atoms with Gasteiger partial charge in [-0.15, -0.1) is 11.3 Å². The summed E-state index contributed by atoms with van der Waals surface area (Å²) < 4.78 is 51.9. The first-order valence-corrected chi connectivity index (χ1v) is 15.1. The average molecular weight is 647 g/mol. The van der Waals surface area contributed by atoms with Crippen LogP contribution in [0.4, 0.5) is 13.2 Å². The molecule has 0 radical (unpaired) electrons. The fraction of sp³-hybridized carbons (Fsp3) is 0.433. The molecular formula is C30H33F3N6O5S. The zero-order valence-corrected chi connectivity index (χ0v) is 25.9. The predicted octanol–water partition coefficient (Wildman–Crippen LogP) is 4.83. The van der Waals surface area contributed by atoms with E-state index in [1.165, 1.54) is 34.3 Å². The van der Waals surface area contributed by atoms with Crippen molar-refractivity contribution in [3.63, 3.8) is 0 Å². The highest BCUT2D eigenvalue weighted by molar-refractivity contribution is 7.13. The Morgan fingerprint density at radius 1 is 1.24 bits per heavy atom. The van der Waals surface area contributed by atoms with E-state index in [0.29, 0.717) is 11.9 Å². The zero-order valence-electron chi connectivity index (χ0n) is 25.1. The Kier molecular flexibility index (Phi) is 9.30. The lowest BCUT2D eigenvalue weighted by molar-refractivity contribution is -0.138. The van der Waals surface area contributed by atoms with Gasteiger partial charge in [0.05, 0.1) is 29.3 Å². The number of halogens is 3. The monoisotopic (exact) mass is 646 g/mol. The molecule has 15 heteroatoms. The van der Waals surface area contributed by atoms with E-state index in [9.17, 15) is 27.9 Å². The minimum Gasteiger partial charge on any atom is -0.479 e. The number of rotatable bonds is 11. The standard InChI is InChI=1S/C30H33F3N6O5S/c1-17(2)26(23-10-24(43-4)36-44-23)29(42)39-12-21(40)9-25(39)38(28(41)22-13-37(15-34-22)30(32,33)14-31)11-19-5-7-20(8-6-19)27-18(3)35-16-45-27/h5-8,10,13,15-17,21,25-26,40H,9,11-12,14H2,1-4H3/t21-,25-,26?/m1/s1. The second-order valence-electron chi connectivity index (χ2n) is 11.2. The number of amides is 2. The van der Waals surface area contributed by atoms with Gasteiger partial charge in [-0.25, -0.2) is 14.4 Å². The molecule has 1 aromatic carbocycles. The van der Waals surface area contributed by atoms with Crippen LogP contribution in [0.1, 0.15) is 53.7 Å². The van der Waals surface area contributed by atoms with Gasteiger partial charge in [-0.1, -0.05) is 38.1 Å². The molecule has 2 amide bonds. The van der Waals surface area contributed by atoms with Gasteiger partial charge in [0.1, 0.15) is 24.1 Å². The summed E-state index contributed by atoms with van der Waals surface area (Å²) in [7, 11) is 1.42. The quantitative estimate of drug-likeness (QED) is 0.246. The van der Waals surface area contributed by atoms with Gasteiger partial charge in [0.2, 0.25) is 5.91 Å². The molecule has 1 N–H and O–H groups in total. The predicted molar refractivity (Wildman–Crippen MR) is 157 cm³/mol. The number of aryl methyl sites for hydroxylation is 1. The number of imidazole rings is 1. The number of benzene rings is 1. The molecule has 240 valence electrons. The number of thiazole rings is 1. The van der Waals surface area contributed by atoms with E-state index in [1.54, 1.807) is 5.51 Å². The highest BCUT2D eigenvalue weighted by Gasteiger charge is 2.44. The van der Waals surface area contributed by atoms with Gasteiger partial charge in [0.25, 0.3) is 11.8 Å². The van der Waals surface area contributed by atoms with E-state index in [2.05, 4.69) is 15.1 Å². The second kappa shape index (κ2) is 13.0. The molecule has 1 unspecified atom stereocenters. The first-order chi connectivity index (χ1) is 21.4. The average Bonchev–Trinajstić information content (AvgIpc) is 3.83. The van der Waals surface area contributed by atoms with Gasteiger partial charge < -0.3 is 24.2 Å². The maximum absolute atomic E-state index is 14.1. The number of aliphatic hydroxyl groups is 1. The van der Waals surface area contributed by atoms with Crippen molar-refractivity contribution in [2.45, 2.75) is 58.0 Å². The molecule has 4 aromatic rings. The first-order valence-electron chi connectivity index (χ1n) is 14.2. The van der Waals surface area contributed by atoms with Crippen LogP contribution in [0.15, 0.2) is 52.9 Å². The largest absolute Gasteiger partial charge is 0.479 e. The normalized spacial score (nSPS) is 17.6. The Balaban J connectivity index is 1.50. The van der Waals surface area contributed by atoms with Crippen molar-refractivity contribution in [1.29, 1.82) is 0 Å². The fourth-order valence-electron chi connectivity index (χ4n) is 5.43. The molecule has 0 bridgehead atoms. The number of methoxy groups -OCH3 is 1. The summed E-state index contributed by atoms with van der Waals surface area (Å²) in [5.74, 6) is -1.84. The van der Waals surface area contributed by atoms with Crippen molar-refractivity contribution in [1.82, 2.24) is 29.5 Å². The number of aromatic nitrogens is 4. The van der Waals surface area contributed by atoms with Crippen molar-refractivity contribution in [2.24, 2.45) is 5.92 Å². The van der Waals surface area contributed by atoms with Crippen LogP contribution in [0.5, 0.6) is 5.88 Å². The van der Waals surface area contributed by atoms with Gasteiger partial charge in [-0.3, -0.25) is 14.2 Å². The van der Waals surface area contributed by atoms with E-state index in [-0.39, 0.29) is 47.3 Å². The van der Waals surface area contributed by atoms with Gasteiger partial charge in [0, 0.05) is 31.8 Å². The smallest absolute Gasteiger partial charge is 0.358 e. The minimum atomic E-state index is -3.89. The highest BCUT2D eigenvalue weighted by atomic mass is 32.1. The Morgan fingerprint density at radius 2 is 1.98 bits per heavy atom. The van der Waals surface area contributed by atoms with E-state index in [4.69, 9.17) is 9.26 Å². The van der Waals surface area contributed by atoms with Crippen molar-refractivity contribution < 1.29 is 37.1 Å². The van der Waals surface area contributed by atoms with Gasteiger partial charge in [-0.05, 0) is 29.1 Å². The maximum Gasteiger partial charge on any atom is 0.358 e. The van der Waals surface area contributed by atoms with Crippen LogP contribution in [0.3, 0.4) is 0 Å². The molecule has 11 nitrogen and oxygen atoms in total. The number of carbonyl (C=O) groups is 2. The summed E-state index contributed by atoms with van der Waals surface area (Å²) in [4.78, 5) is 40.0. The summed E-state index contributed by atoms with van der Waals surface area (Å²) in [6, 6.07) is 5.02. The first kappa shape index (κ1) is 32.2. The number of β-amino-alcohol motifs (C(OH)–C–C–N with tert-alkyl or cyclic N) is 1. The van der Waals surface area contributed by atoms with Gasteiger partial charge in [0.15, 0.2) is 12.4 Å². The molecule has 0 spiro atoms. The van der Waals surface area contributed by atoms with Crippen molar-refractivity contribution in [3.8, 4) is 16.3 Å². The number of hydrogen-bond acceptors (Lipinski definition) is 9. The third-order valence-electron chi connectivity index (χ3n) is 7.76. The number of alkyl halides is 3. The summed E-state index contributed by atoms with van der Waals surface area (Å²) >= 11 is 1.49. The van der Waals surface area contributed by atoms with Crippen LogP contribution in [0.25, 0.3) is 10.4 Å². The highest BCUT2D eigenvalue weighted by Crippen LogP contribution is 2.34. The SMILES string of the molecule is COc1cc(C(C(=O)N2C[C@H](O)C[C@@H]2N(Cc2ccc(-c3scnc3C)cc2)C(=O)c2cn(C(F)(F)CF)cn2)C(C)C)on1. The summed E-state index contributed by atoms with van der Waals surface area (Å²) in [6.45, 7) is 3.45. The topological polar surface area (TPSA) is 127 Å². The number of nitrogens with zero attached hydrogens (tertiary/aromatic N) is 6. The van der Waals surface area contributed by atoms with Crippen LogP contribution in [0.2, 0.25) is 0 Å². The number of likely N-dealkylation sites (tertiary alicyclic amines) is 1. The molecule has 3 atom stereocenters. The molecule has 3 aromatic heterocycles. The molecule has 0 saturated carbocycles. The zero-order chi connectivity index (χ0) is 32.5. The van der Waals surface area contributed by atoms with Gasteiger partial charge >= 0.3 is 6.05 Å². The molecular weight excluding hydrogens is 613 g/mol. The number of carbonyl (C=O) groups excluding carboxylic acids is 2. The maximum atomic E-state index is 14.1. The lowest BCUT2D eigenvalue weighted by atomic mass is 9.91. The Morgan fingerprint density at radius 3 is 2.58 bits per heavy atom. The Bertz CT molecular complexity index is 1640. The van der Waals surface area contributed by atoms with Crippen LogP contribution in [-0.2, 0) is 17.4 Å². The summed E-state index contributed by atoms with van der Waals surface area (Å²) in [5.41, 5.74) is 3.87. The number of hydrogen-bond donors (Lipinski definition) is 1. The van der Waals surface area contributed by atoms with Crippen LogP contribution >= 0.6 is 11.3 Å². The fourth-order valence-corrected chi connectivity index (χ4v) is 6.24. The molecule has 5 rings (SSSR count). The molecule has 4 heterocycles. The van der Waals surface area contributed by atoms with E-state index in [0.717, 1.165) is 22.3 Å². The third-order valence-corrected chi connectivity index (χ3v) is 8.74. The molecule has 45 heavy (non-hydrogen) atoms. The van der Waals surface area contributed by atoms with Crippen molar-refractivity contribution in [3.05, 3.63) is 71.1 Å². The van der Waals surface area contributed by atoms with Crippen LogP contribution in [0, 0.1) is 12.8 Å². The Labute approximate surface area is 261 Å².